The van der Waals surface area contributed by atoms with Crippen molar-refractivity contribution in [2.75, 3.05) is 5.32 Å². The van der Waals surface area contributed by atoms with Crippen LogP contribution in [0.15, 0.2) is 6.20 Å². The third-order valence-electron chi connectivity index (χ3n) is 2.81. The van der Waals surface area contributed by atoms with Gasteiger partial charge in [0.25, 0.3) is 5.91 Å². The van der Waals surface area contributed by atoms with E-state index in [0.717, 1.165) is 24.2 Å². The van der Waals surface area contributed by atoms with Crippen molar-refractivity contribution in [3.8, 4) is 0 Å². The molecule has 0 atom stereocenters. The summed E-state index contributed by atoms with van der Waals surface area (Å²) in [7, 11) is 0. The molecule has 0 saturated carbocycles. The molecular formula is C12H16N6O. The fourth-order valence-electron chi connectivity index (χ4n) is 1.74. The number of aromatic amines is 1. The summed E-state index contributed by atoms with van der Waals surface area (Å²) in [4.78, 5) is 16.3. The lowest BCUT2D eigenvalue weighted by atomic mass is 10.2. The topological polar surface area (TPSA) is 96.5 Å². The maximum atomic E-state index is 12.0. The predicted octanol–water partition coefficient (Wildman–Crippen LogP) is 1.28. The van der Waals surface area contributed by atoms with E-state index >= 15 is 0 Å². The highest BCUT2D eigenvalue weighted by Crippen LogP contribution is 2.09. The number of hydrogen-bond donors (Lipinski definition) is 2. The second-order valence-corrected chi connectivity index (χ2v) is 4.10. The Bertz CT molecular complexity index is 592. The first-order valence-corrected chi connectivity index (χ1v) is 6.19. The molecule has 2 heterocycles. The lowest BCUT2D eigenvalue weighted by Gasteiger charge is -2.06. The Kier molecular flexibility index (Phi) is 3.84. The third-order valence-corrected chi connectivity index (χ3v) is 2.81. The van der Waals surface area contributed by atoms with Gasteiger partial charge in [0.05, 0.1) is 23.1 Å². The molecule has 0 aliphatic carbocycles. The molecule has 0 unspecified atom stereocenters. The van der Waals surface area contributed by atoms with E-state index in [9.17, 15) is 4.79 Å². The van der Waals surface area contributed by atoms with Gasteiger partial charge >= 0.3 is 0 Å². The normalized spacial score (nSPS) is 10.5. The van der Waals surface area contributed by atoms with E-state index in [-0.39, 0.29) is 11.9 Å². The smallest absolute Gasteiger partial charge is 0.261 e. The molecule has 0 radical (unpaired) electrons. The summed E-state index contributed by atoms with van der Waals surface area (Å²) in [5, 5.41) is 17.1. The van der Waals surface area contributed by atoms with Crippen LogP contribution in [0.25, 0.3) is 0 Å². The van der Waals surface area contributed by atoms with Crippen molar-refractivity contribution >= 4 is 11.9 Å². The molecule has 0 fully saturated rings. The van der Waals surface area contributed by atoms with Gasteiger partial charge in [-0.1, -0.05) is 13.8 Å². The number of aromatic nitrogens is 5. The number of hydrogen-bond acceptors (Lipinski definition) is 5. The number of nitrogens with one attached hydrogen (secondary N) is 2. The second-order valence-electron chi connectivity index (χ2n) is 4.10. The highest BCUT2D eigenvalue weighted by molar-refractivity contribution is 6.03. The lowest BCUT2D eigenvalue weighted by molar-refractivity contribution is 0.102. The minimum Gasteiger partial charge on any atom is -0.289 e. The van der Waals surface area contributed by atoms with Gasteiger partial charge in [0.2, 0.25) is 5.95 Å². The standard InChI is InChI=1S/C12H16N6O/c1-4-9-10(5-2)17-18-12(14-9)15-11(19)8-6-13-16-7(8)3/h6H,4-5H2,1-3H3,(H,13,16)(H,14,15,18,19). The number of aryl methyl sites for hydroxylation is 3. The van der Waals surface area contributed by atoms with Crippen molar-refractivity contribution in [2.24, 2.45) is 0 Å². The predicted molar refractivity (Wildman–Crippen MR) is 69.9 cm³/mol. The number of rotatable bonds is 4. The summed E-state index contributed by atoms with van der Waals surface area (Å²) in [6.45, 7) is 5.77. The van der Waals surface area contributed by atoms with Gasteiger partial charge < -0.3 is 0 Å². The summed E-state index contributed by atoms with van der Waals surface area (Å²) in [6.07, 6.45) is 3.00. The summed E-state index contributed by atoms with van der Waals surface area (Å²) in [5.74, 6) is -0.0704. The van der Waals surface area contributed by atoms with Crippen molar-refractivity contribution < 1.29 is 4.79 Å². The molecule has 2 N–H and O–H groups in total. The number of anilines is 1. The Labute approximate surface area is 110 Å². The van der Waals surface area contributed by atoms with Gasteiger partial charge in [-0.15, -0.1) is 10.2 Å². The number of amides is 1. The van der Waals surface area contributed by atoms with Gasteiger partial charge in [-0.05, 0) is 19.8 Å². The van der Waals surface area contributed by atoms with Crippen LogP contribution in [-0.4, -0.2) is 31.3 Å². The van der Waals surface area contributed by atoms with Crippen molar-refractivity contribution in [1.82, 2.24) is 25.4 Å². The fourth-order valence-corrected chi connectivity index (χ4v) is 1.74. The van der Waals surface area contributed by atoms with Gasteiger partial charge in [0.15, 0.2) is 0 Å². The largest absolute Gasteiger partial charge is 0.289 e. The van der Waals surface area contributed by atoms with E-state index in [1.54, 1.807) is 6.92 Å². The van der Waals surface area contributed by atoms with E-state index in [0.29, 0.717) is 11.3 Å². The first-order valence-electron chi connectivity index (χ1n) is 6.19. The third kappa shape index (κ3) is 2.75. The molecule has 2 rings (SSSR count). The highest BCUT2D eigenvalue weighted by atomic mass is 16.1. The molecule has 0 spiro atoms. The average Bonchev–Trinajstić information content (AvgIpc) is 2.85. The van der Waals surface area contributed by atoms with Gasteiger partial charge in [-0.3, -0.25) is 15.2 Å². The van der Waals surface area contributed by atoms with Crippen LogP contribution in [0, 0.1) is 6.92 Å². The van der Waals surface area contributed by atoms with Crippen LogP contribution in [0.4, 0.5) is 5.95 Å². The molecular weight excluding hydrogens is 244 g/mol. The van der Waals surface area contributed by atoms with E-state index in [2.05, 4.69) is 30.7 Å². The van der Waals surface area contributed by atoms with Crippen LogP contribution in [0.5, 0.6) is 0 Å². The monoisotopic (exact) mass is 260 g/mol. The Hall–Kier alpha value is -2.31. The zero-order chi connectivity index (χ0) is 13.8. The van der Waals surface area contributed by atoms with Crippen LogP contribution in [-0.2, 0) is 12.8 Å². The fraction of sp³-hybridized carbons (Fsp3) is 0.417. The zero-order valence-corrected chi connectivity index (χ0v) is 11.2. The highest BCUT2D eigenvalue weighted by Gasteiger charge is 2.13. The minimum atomic E-state index is -0.292. The Morgan fingerprint density at radius 2 is 2.00 bits per heavy atom. The molecule has 0 aromatic carbocycles. The Balaban J connectivity index is 2.20. The summed E-state index contributed by atoms with van der Waals surface area (Å²) >= 11 is 0. The van der Waals surface area contributed by atoms with Crippen LogP contribution in [0.3, 0.4) is 0 Å². The summed E-state index contributed by atoms with van der Waals surface area (Å²) in [6, 6.07) is 0. The van der Waals surface area contributed by atoms with Gasteiger partial charge in [0.1, 0.15) is 0 Å². The Morgan fingerprint density at radius 1 is 1.26 bits per heavy atom. The van der Waals surface area contributed by atoms with Crippen molar-refractivity contribution in [1.29, 1.82) is 0 Å². The molecule has 0 bridgehead atoms. The molecule has 7 heteroatoms. The minimum absolute atomic E-state index is 0.222. The molecule has 0 aliphatic rings. The molecule has 2 aromatic rings. The first-order chi connectivity index (χ1) is 9.15. The Morgan fingerprint density at radius 3 is 2.58 bits per heavy atom. The number of nitrogens with zero attached hydrogens (tertiary/aromatic N) is 4. The average molecular weight is 260 g/mol. The van der Waals surface area contributed by atoms with E-state index in [1.807, 2.05) is 13.8 Å². The zero-order valence-electron chi connectivity index (χ0n) is 11.2. The SMILES string of the molecule is CCc1nnc(NC(=O)c2cn[nH]c2C)nc1CC. The van der Waals surface area contributed by atoms with Crippen LogP contribution in [0.2, 0.25) is 0 Å². The number of carbonyl (C=O) groups excluding carboxylic acids is 1. The van der Waals surface area contributed by atoms with Crippen LogP contribution >= 0.6 is 0 Å². The van der Waals surface area contributed by atoms with E-state index in [4.69, 9.17) is 0 Å². The molecule has 0 aliphatic heterocycles. The number of H-pyrrole nitrogens is 1. The van der Waals surface area contributed by atoms with E-state index in [1.165, 1.54) is 6.20 Å². The van der Waals surface area contributed by atoms with Gasteiger partial charge in [-0.25, -0.2) is 4.98 Å². The molecule has 2 aromatic heterocycles. The molecule has 7 nitrogen and oxygen atoms in total. The van der Waals surface area contributed by atoms with Crippen molar-refractivity contribution in [2.45, 2.75) is 33.6 Å². The molecule has 100 valence electrons. The quantitative estimate of drug-likeness (QED) is 0.863. The summed E-state index contributed by atoms with van der Waals surface area (Å²) < 4.78 is 0. The maximum Gasteiger partial charge on any atom is 0.261 e. The molecule has 0 saturated heterocycles. The lowest BCUT2D eigenvalue weighted by Crippen LogP contribution is -2.16. The van der Waals surface area contributed by atoms with Gasteiger partial charge in [-0.2, -0.15) is 5.10 Å². The number of carbonyl (C=O) groups is 1. The first kappa shape index (κ1) is 13.1. The van der Waals surface area contributed by atoms with Crippen molar-refractivity contribution in [3.05, 3.63) is 28.8 Å². The molecule has 19 heavy (non-hydrogen) atoms. The van der Waals surface area contributed by atoms with Crippen molar-refractivity contribution in [3.63, 3.8) is 0 Å². The maximum absolute atomic E-state index is 12.0. The van der Waals surface area contributed by atoms with Gasteiger partial charge in [0, 0.05) is 5.69 Å². The van der Waals surface area contributed by atoms with Crippen LogP contribution < -0.4 is 5.32 Å². The second kappa shape index (κ2) is 5.55. The molecule has 1 amide bonds. The summed E-state index contributed by atoms with van der Waals surface area (Å²) in [5.41, 5.74) is 2.89. The van der Waals surface area contributed by atoms with Crippen LogP contribution in [0.1, 0.15) is 41.3 Å². The van der Waals surface area contributed by atoms with E-state index < -0.39 is 0 Å².